The van der Waals surface area contributed by atoms with Crippen LogP contribution in [0.25, 0.3) is 0 Å². The molecule has 2 N–H and O–H groups in total. The predicted molar refractivity (Wildman–Crippen MR) is 106 cm³/mol. The fourth-order valence-electron chi connectivity index (χ4n) is 4.09. The van der Waals surface area contributed by atoms with Gasteiger partial charge in [0.1, 0.15) is 0 Å². The lowest BCUT2D eigenvalue weighted by Crippen LogP contribution is -2.49. The molecule has 7 nitrogen and oxygen atoms in total. The first-order chi connectivity index (χ1) is 13.4. The van der Waals surface area contributed by atoms with Crippen LogP contribution in [-0.4, -0.2) is 59.5 Å². The van der Waals surface area contributed by atoms with Crippen LogP contribution in [0, 0.1) is 6.92 Å². The number of nitrogens with zero attached hydrogens (tertiary/aromatic N) is 2. The van der Waals surface area contributed by atoms with E-state index in [2.05, 4.69) is 41.4 Å². The van der Waals surface area contributed by atoms with E-state index in [1.807, 2.05) is 4.90 Å². The van der Waals surface area contributed by atoms with Gasteiger partial charge in [-0.3, -0.25) is 14.4 Å². The van der Waals surface area contributed by atoms with Crippen molar-refractivity contribution in [2.45, 2.75) is 51.0 Å². The van der Waals surface area contributed by atoms with Gasteiger partial charge in [-0.05, 0) is 38.3 Å². The average Bonchev–Trinajstić information content (AvgIpc) is 3.07. The standard InChI is InChI=1S/C21H29N3O4/c1-16-2-4-17(5-3-16)23-12-14-24(15-13-23)19(26)7-10-21(11-8-20(27)28)9-6-18(25)22-21/h2-5H,6-15H2,1H3,(H,22,25)(H,27,28)/t21-/m1/s1. The normalized spacial score (nSPS) is 22.2. The molecule has 0 spiro atoms. The van der Waals surface area contributed by atoms with Crippen LogP contribution in [0.5, 0.6) is 0 Å². The Labute approximate surface area is 165 Å². The molecule has 2 aliphatic heterocycles. The Morgan fingerprint density at radius 2 is 1.71 bits per heavy atom. The van der Waals surface area contributed by atoms with E-state index in [9.17, 15) is 14.4 Å². The zero-order valence-corrected chi connectivity index (χ0v) is 16.4. The lowest BCUT2D eigenvalue weighted by atomic mass is 9.86. The summed E-state index contributed by atoms with van der Waals surface area (Å²) in [5.41, 5.74) is 1.86. The summed E-state index contributed by atoms with van der Waals surface area (Å²) in [6.45, 7) is 5.03. The zero-order valence-electron chi connectivity index (χ0n) is 16.4. The molecule has 2 aliphatic rings. The van der Waals surface area contributed by atoms with E-state index in [4.69, 9.17) is 5.11 Å². The highest BCUT2D eigenvalue weighted by Crippen LogP contribution is 2.30. The summed E-state index contributed by atoms with van der Waals surface area (Å²) in [4.78, 5) is 39.5. The number of aryl methyl sites for hydroxylation is 1. The molecule has 0 saturated carbocycles. The second-order valence-electron chi connectivity index (χ2n) is 7.93. The first-order valence-electron chi connectivity index (χ1n) is 9.99. The number of anilines is 1. The summed E-state index contributed by atoms with van der Waals surface area (Å²) in [5.74, 6) is -0.844. The SMILES string of the molecule is Cc1ccc(N2CCN(C(=O)CC[C@@]3(CCC(=O)O)CCC(=O)N3)CC2)cc1. The molecule has 0 bridgehead atoms. The number of aliphatic carboxylic acids is 1. The Morgan fingerprint density at radius 3 is 2.29 bits per heavy atom. The third-order valence-corrected chi connectivity index (χ3v) is 5.90. The minimum absolute atomic E-state index is 0.00367. The topological polar surface area (TPSA) is 90.0 Å². The highest BCUT2D eigenvalue weighted by atomic mass is 16.4. The molecule has 0 unspecified atom stereocenters. The summed E-state index contributed by atoms with van der Waals surface area (Å²) in [6.07, 6.45) is 2.23. The molecule has 1 atom stereocenters. The van der Waals surface area contributed by atoms with Gasteiger partial charge in [0.25, 0.3) is 0 Å². The minimum Gasteiger partial charge on any atom is -0.481 e. The van der Waals surface area contributed by atoms with Gasteiger partial charge in [0.05, 0.1) is 0 Å². The van der Waals surface area contributed by atoms with Crippen LogP contribution in [0.15, 0.2) is 24.3 Å². The van der Waals surface area contributed by atoms with Gasteiger partial charge in [-0.2, -0.15) is 0 Å². The van der Waals surface area contributed by atoms with E-state index >= 15 is 0 Å². The minimum atomic E-state index is -0.876. The van der Waals surface area contributed by atoms with Gasteiger partial charge in [0.2, 0.25) is 11.8 Å². The number of carbonyl (C=O) groups excluding carboxylic acids is 2. The van der Waals surface area contributed by atoms with Crippen LogP contribution in [-0.2, 0) is 14.4 Å². The number of carboxylic acids is 1. The Bertz CT molecular complexity index is 726. The molecule has 1 aromatic rings. The molecular formula is C21H29N3O4. The van der Waals surface area contributed by atoms with E-state index in [0.717, 1.165) is 13.1 Å². The van der Waals surface area contributed by atoms with E-state index in [1.54, 1.807) is 0 Å². The molecule has 1 aromatic carbocycles. The summed E-state index contributed by atoms with van der Waals surface area (Å²) in [5, 5.41) is 11.9. The van der Waals surface area contributed by atoms with Crippen LogP contribution in [0.2, 0.25) is 0 Å². The van der Waals surface area contributed by atoms with Gasteiger partial charge in [-0.1, -0.05) is 17.7 Å². The Morgan fingerprint density at radius 1 is 1.07 bits per heavy atom. The first kappa shape index (κ1) is 20.2. The number of hydrogen-bond acceptors (Lipinski definition) is 4. The molecular weight excluding hydrogens is 358 g/mol. The molecule has 28 heavy (non-hydrogen) atoms. The second kappa shape index (κ2) is 8.63. The van der Waals surface area contributed by atoms with Crippen LogP contribution < -0.4 is 10.2 Å². The van der Waals surface area contributed by atoms with Crippen LogP contribution >= 0.6 is 0 Å². The molecule has 7 heteroatoms. The number of benzene rings is 1. The van der Waals surface area contributed by atoms with Gasteiger partial charge in [0.15, 0.2) is 0 Å². The number of nitrogens with one attached hydrogen (secondary N) is 1. The lowest BCUT2D eigenvalue weighted by Gasteiger charge is -2.37. The maximum atomic E-state index is 12.7. The number of hydrogen-bond donors (Lipinski definition) is 2. The fourth-order valence-corrected chi connectivity index (χ4v) is 4.09. The Hall–Kier alpha value is -2.57. The fraction of sp³-hybridized carbons (Fsp3) is 0.571. The third kappa shape index (κ3) is 5.03. The van der Waals surface area contributed by atoms with Crippen molar-refractivity contribution in [3.63, 3.8) is 0 Å². The highest BCUT2D eigenvalue weighted by molar-refractivity contribution is 5.80. The van der Waals surface area contributed by atoms with Crippen molar-refractivity contribution in [3.8, 4) is 0 Å². The summed E-state index contributed by atoms with van der Waals surface area (Å²) in [7, 11) is 0. The highest BCUT2D eigenvalue weighted by Gasteiger charge is 2.38. The van der Waals surface area contributed by atoms with E-state index in [1.165, 1.54) is 11.3 Å². The average molecular weight is 387 g/mol. The third-order valence-electron chi connectivity index (χ3n) is 5.90. The predicted octanol–water partition coefficient (Wildman–Crippen LogP) is 1.94. The second-order valence-corrected chi connectivity index (χ2v) is 7.93. The molecule has 2 fully saturated rings. The summed E-state index contributed by atoms with van der Waals surface area (Å²) >= 11 is 0. The molecule has 2 amide bonds. The maximum absolute atomic E-state index is 12.7. The largest absolute Gasteiger partial charge is 0.481 e. The molecule has 152 valence electrons. The van der Waals surface area contributed by atoms with E-state index < -0.39 is 11.5 Å². The smallest absolute Gasteiger partial charge is 0.303 e. The summed E-state index contributed by atoms with van der Waals surface area (Å²) < 4.78 is 0. The van der Waals surface area contributed by atoms with Crippen molar-refractivity contribution in [2.75, 3.05) is 31.1 Å². The van der Waals surface area contributed by atoms with E-state index in [-0.39, 0.29) is 18.2 Å². The molecule has 2 saturated heterocycles. The van der Waals surface area contributed by atoms with Gasteiger partial charge in [-0.15, -0.1) is 0 Å². The van der Waals surface area contributed by atoms with Crippen LogP contribution in [0.3, 0.4) is 0 Å². The quantitative estimate of drug-likeness (QED) is 0.746. The molecule has 0 aromatic heterocycles. The molecule has 3 rings (SSSR count). The monoisotopic (exact) mass is 387 g/mol. The number of amides is 2. The van der Waals surface area contributed by atoms with Gasteiger partial charge >= 0.3 is 5.97 Å². The number of carbonyl (C=O) groups is 3. The Kier molecular flexibility index (Phi) is 6.21. The van der Waals surface area contributed by atoms with Crippen LogP contribution in [0.1, 0.15) is 44.1 Å². The molecule has 0 radical (unpaired) electrons. The lowest BCUT2D eigenvalue weighted by molar-refractivity contribution is -0.137. The van der Waals surface area contributed by atoms with Gasteiger partial charge in [-0.25, -0.2) is 0 Å². The first-order valence-corrected chi connectivity index (χ1v) is 9.99. The number of piperazine rings is 1. The number of carboxylic acid groups (broad SMARTS) is 1. The maximum Gasteiger partial charge on any atom is 0.303 e. The van der Waals surface area contributed by atoms with Crippen molar-refractivity contribution < 1.29 is 19.5 Å². The van der Waals surface area contributed by atoms with Crippen LogP contribution in [0.4, 0.5) is 5.69 Å². The molecule has 2 heterocycles. The van der Waals surface area contributed by atoms with Crippen molar-refractivity contribution in [2.24, 2.45) is 0 Å². The molecule has 0 aliphatic carbocycles. The number of rotatable bonds is 7. The van der Waals surface area contributed by atoms with Crippen molar-refractivity contribution in [3.05, 3.63) is 29.8 Å². The van der Waals surface area contributed by atoms with Crippen molar-refractivity contribution >= 4 is 23.5 Å². The van der Waals surface area contributed by atoms with Crippen molar-refractivity contribution in [1.29, 1.82) is 0 Å². The zero-order chi connectivity index (χ0) is 20.1. The Balaban J connectivity index is 1.50. The van der Waals surface area contributed by atoms with E-state index in [0.29, 0.717) is 45.2 Å². The van der Waals surface area contributed by atoms with Gasteiger partial charge in [0, 0.05) is 56.7 Å². The van der Waals surface area contributed by atoms with Gasteiger partial charge < -0.3 is 20.2 Å². The van der Waals surface area contributed by atoms with Crippen molar-refractivity contribution in [1.82, 2.24) is 10.2 Å². The summed E-state index contributed by atoms with van der Waals surface area (Å²) in [6, 6.07) is 8.42.